The van der Waals surface area contributed by atoms with Crippen molar-refractivity contribution in [3.63, 3.8) is 0 Å². The summed E-state index contributed by atoms with van der Waals surface area (Å²) in [5, 5.41) is 3.18. The highest BCUT2D eigenvalue weighted by atomic mass is 16.5. The number of ether oxygens (including phenoxy) is 1. The molecule has 0 aromatic rings. The molecule has 1 unspecified atom stereocenters. The van der Waals surface area contributed by atoms with E-state index in [9.17, 15) is 4.79 Å². The molecule has 1 aliphatic heterocycles. The predicted octanol–water partition coefficient (Wildman–Crippen LogP) is 0.0205. The molecule has 13 heavy (non-hydrogen) atoms. The van der Waals surface area contributed by atoms with Gasteiger partial charge in [0.2, 0.25) is 5.91 Å². The van der Waals surface area contributed by atoms with E-state index in [2.05, 4.69) is 5.32 Å². The highest BCUT2D eigenvalue weighted by molar-refractivity contribution is 5.84. The van der Waals surface area contributed by atoms with Crippen LogP contribution in [0.3, 0.4) is 0 Å². The second-order valence-electron chi connectivity index (χ2n) is 3.44. The van der Waals surface area contributed by atoms with Crippen molar-refractivity contribution in [2.24, 2.45) is 5.73 Å². The van der Waals surface area contributed by atoms with E-state index in [1.165, 1.54) is 0 Å². The van der Waals surface area contributed by atoms with Crippen LogP contribution in [0, 0.1) is 0 Å². The summed E-state index contributed by atoms with van der Waals surface area (Å²) in [5.41, 5.74) is 4.88. The molecule has 1 rings (SSSR count). The summed E-state index contributed by atoms with van der Waals surface area (Å²) in [6, 6.07) is 0. The van der Waals surface area contributed by atoms with Crippen molar-refractivity contribution in [2.75, 3.05) is 19.8 Å². The maximum absolute atomic E-state index is 11.3. The van der Waals surface area contributed by atoms with E-state index >= 15 is 0 Å². The van der Waals surface area contributed by atoms with Gasteiger partial charge in [-0.2, -0.15) is 0 Å². The third kappa shape index (κ3) is 2.42. The molecule has 0 spiro atoms. The summed E-state index contributed by atoms with van der Waals surface area (Å²) in [6.07, 6.45) is 2.38. The fraction of sp³-hybridized carbons (Fsp3) is 0.889. The van der Waals surface area contributed by atoms with E-state index in [-0.39, 0.29) is 5.91 Å². The zero-order chi connectivity index (χ0) is 9.73. The largest absolute Gasteiger partial charge is 0.381 e. The SMILES string of the molecule is CCNC1(C(N)=O)CCCOCC1. The van der Waals surface area contributed by atoms with Crippen LogP contribution in [0.4, 0.5) is 0 Å². The van der Waals surface area contributed by atoms with Crippen molar-refractivity contribution in [1.29, 1.82) is 0 Å². The zero-order valence-corrected chi connectivity index (χ0v) is 8.14. The number of rotatable bonds is 3. The lowest BCUT2D eigenvalue weighted by Gasteiger charge is -2.29. The first-order valence-corrected chi connectivity index (χ1v) is 4.84. The Bertz CT molecular complexity index is 174. The van der Waals surface area contributed by atoms with Crippen molar-refractivity contribution >= 4 is 5.91 Å². The van der Waals surface area contributed by atoms with E-state index in [1.807, 2.05) is 6.92 Å². The van der Waals surface area contributed by atoms with Gasteiger partial charge in [0.1, 0.15) is 0 Å². The van der Waals surface area contributed by atoms with Gasteiger partial charge in [0.25, 0.3) is 0 Å². The summed E-state index contributed by atoms with van der Waals surface area (Å²) in [6.45, 7) is 4.11. The Labute approximate surface area is 78.8 Å². The van der Waals surface area contributed by atoms with Gasteiger partial charge >= 0.3 is 0 Å². The fourth-order valence-corrected chi connectivity index (χ4v) is 1.80. The minimum Gasteiger partial charge on any atom is -0.381 e. The molecule has 0 radical (unpaired) electrons. The Kier molecular flexibility index (Phi) is 3.69. The third-order valence-electron chi connectivity index (χ3n) is 2.55. The smallest absolute Gasteiger partial charge is 0.237 e. The van der Waals surface area contributed by atoms with Gasteiger partial charge in [-0.15, -0.1) is 0 Å². The van der Waals surface area contributed by atoms with Crippen LogP contribution < -0.4 is 11.1 Å². The molecule has 1 atom stereocenters. The Balaban J connectivity index is 2.67. The van der Waals surface area contributed by atoms with Gasteiger partial charge in [-0.3, -0.25) is 4.79 Å². The van der Waals surface area contributed by atoms with E-state index in [4.69, 9.17) is 10.5 Å². The Hall–Kier alpha value is -0.610. The van der Waals surface area contributed by atoms with Crippen LogP contribution in [0.15, 0.2) is 0 Å². The molecule has 0 bridgehead atoms. The molecule has 1 saturated heterocycles. The summed E-state index contributed by atoms with van der Waals surface area (Å²) < 4.78 is 5.30. The van der Waals surface area contributed by atoms with Gasteiger partial charge in [-0.25, -0.2) is 0 Å². The van der Waals surface area contributed by atoms with Crippen LogP contribution in [0.1, 0.15) is 26.2 Å². The Morgan fingerprint density at radius 2 is 2.31 bits per heavy atom. The number of nitrogens with two attached hydrogens (primary N) is 1. The third-order valence-corrected chi connectivity index (χ3v) is 2.55. The van der Waals surface area contributed by atoms with E-state index in [1.54, 1.807) is 0 Å². The molecular weight excluding hydrogens is 168 g/mol. The molecule has 0 saturated carbocycles. The quantitative estimate of drug-likeness (QED) is 0.653. The molecule has 1 fully saturated rings. The van der Waals surface area contributed by atoms with Crippen LogP contribution in [0.5, 0.6) is 0 Å². The highest BCUT2D eigenvalue weighted by Gasteiger charge is 2.35. The lowest BCUT2D eigenvalue weighted by atomic mass is 9.90. The number of hydrogen-bond acceptors (Lipinski definition) is 3. The normalized spacial score (nSPS) is 29.6. The molecule has 1 amide bonds. The minimum absolute atomic E-state index is 0.250. The molecule has 1 aliphatic rings. The van der Waals surface area contributed by atoms with Crippen LogP contribution in [0.25, 0.3) is 0 Å². The first-order valence-electron chi connectivity index (χ1n) is 4.84. The standard InChI is InChI=1S/C9H18N2O2/c1-2-11-9(8(10)12)4-3-6-13-7-5-9/h11H,2-7H2,1H3,(H2,10,12). The topological polar surface area (TPSA) is 64.3 Å². The number of amides is 1. The molecule has 1 heterocycles. The van der Waals surface area contributed by atoms with Gasteiger partial charge in [-0.05, 0) is 25.8 Å². The van der Waals surface area contributed by atoms with Crippen molar-refractivity contribution in [3.05, 3.63) is 0 Å². The van der Waals surface area contributed by atoms with Gasteiger partial charge in [0.15, 0.2) is 0 Å². The minimum atomic E-state index is -0.523. The second-order valence-corrected chi connectivity index (χ2v) is 3.44. The number of likely N-dealkylation sites (N-methyl/N-ethyl adjacent to an activating group) is 1. The summed E-state index contributed by atoms with van der Waals surface area (Å²) in [5.74, 6) is -0.250. The van der Waals surface area contributed by atoms with Gasteiger partial charge in [-0.1, -0.05) is 6.92 Å². The molecule has 4 heteroatoms. The molecule has 0 aromatic carbocycles. The summed E-state index contributed by atoms with van der Waals surface area (Å²) in [4.78, 5) is 11.3. The van der Waals surface area contributed by atoms with Crippen molar-refractivity contribution in [2.45, 2.75) is 31.7 Å². The van der Waals surface area contributed by atoms with Crippen LogP contribution in [-0.2, 0) is 9.53 Å². The first kappa shape index (κ1) is 10.5. The number of nitrogens with one attached hydrogen (secondary N) is 1. The van der Waals surface area contributed by atoms with Gasteiger partial charge < -0.3 is 15.8 Å². The van der Waals surface area contributed by atoms with E-state index in [0.717, 1.165) is 26.0 Å². The number of carbonyl (C=O) groups excluding carboxylic acids is 1. The maximum Gasteiger partial charge on any atom is 0.237 e. The average Bonchev–Trinajstić information content (AvgIpc) is 2.31. The molecule has 3 N–H and O–H groups in total. The zero-order valence-electron chi connectivity index (χ0n) is 8.14. The number of hydrogen-bond donors (Lipinski definition) is 2. The fourth-order valence-electron chi connectivity index (χ4n) is 1.80. The second kappa shape index (κ2) is 4.58. The number of primary amides is 1. The van der Waals surface area contributed by atoms with E-state index in [0.29, 0.717) is 13.0 Å². The lowest BCUT2D eigenvalue weighted by molar-refractivity contribution is -0.125. The maximum atomic E-state index is 11.3. The molecule has 0 aliphatic carbocycles. The Morgan fingerprint density at radius 1 is 1.54 bits per heavy atom. The van der Waals surface area contributed by atoms with Crippen LogP contribution in [0.2, 0.25) is 0 Å². The number of carbonyl (C=O) groups is 1. The van der Waals surface area contributed by atoms with Gasteiger partial charge in [0.05, 0.1) is 5.54 Å². The first-order chi connectivity index (χ1) is 6.21. The average molecular weight is 186 g/mol. The molecule has 0 aromatic heterocycles. The van der Waals surface area contributed by atoms with Crippen LogP contribution in [-0.4, -0.2) is 31.2 Å². The Morgan fingerprint density at radius 3 is 2.92 bits per heavy atom. The van der Waals surface area contributed by atoms with Crippen molar-refractivity contribution < 1.29 is 9.53 Å². The van der Waals surface area contributed by atoms with Crippen molar-refractivity contribution in [1.82, 2.24) is 5.32 Å². The predicted molar refractivity (Wildman–Crippen MR) is 50.3 cm³/mol. The summed E-state index contributed by atoms with van der Waals surface area (Å²) >= 11 is 0. The lowest BCUT2D eigenvalue weighted by Crippen LogP contribution is -2.55. The monoisotopic (exact) mass is 186 g/mol. The van der Waals surface area contributed by atoms with Crippen LogP contribution >= 0.6 is 0 Å². The van der Waals surface area contributed by atoms with Gasteiger partial charge in [0, 0.05) is 13.2 Å². The molecule has 76 valence electrons. The molecular formula is C9H18N2O2. The van der Waals surface area contributed by atoms with Crippen molar-refractivity contribution in [3.8, 4) is 0 Å². The molecule has 4 nitrogen and oxygen atoms in total. The highest BCUT2D eigenvalue weighted by Crippen LogP contribution is 2.20. The summed E-state index contributed by atoms with van der Waals surface area (Å²) in [7, 11) is 0. The van der Waals surface area contributed by atoms with E-state index < -0.39 is 5.54 Å².